The molecule has 0 unspecified atom stereocenters. The standard InChI is InChI=1S/C12H22N2O/c1-9(2)11-6-7-14(10(11)3)12(15)8-13(4)5/h9H,6-8H2,1-5H3. The fourth-order valence-electron chi connectivity index (χ4n) is 2.13. The Hall–Kier alpha value is -0.830. The van der Waals surface area contributed by atoms with Crippen LogP contribution in [0.2, 0.25) is 0 Å². The number of likely N-dealkylation sites (N-methyl/N-ethyl adjacent to an activating group) is 1. The zero-order valence-electron chi connectivity index (χ0n) is 10.5. The second-order valence-electron chi connectivity index (χ2n) is 4.80. The largest absolute Gasteiger partial charge is 0.315 e. The van der Waals surface area contributed by atoms with Crippen molar-refractivity contribution in [1.82, 2.24) is 9.80 Å². The number of hydrogen-bond acceptors (Lipinski definition) is 2. The van der Waals surface area contributed by atoms with Gasteiger partial charge in [0.2, 0.25) is 5.91 Å². The highest BCUT2D eigenvalue weighted by Crippen LogP contribution is 2.28. The van der Waals surface area contributed by atoms with Gasteiger partial charge in [-0.25, -0.2) is 0 Å². The predicted molar refractivity (Wildman–Crippen MR) is 62.4 cm³/mol. The van der Waals surface area contributed by atoms with Crippen LogP contribution in [0.4, 0.5) is 0 Å². The van der Waals surface area contributed by atoms with Crippen LogP contribution in [0.3, 0.4) is 0 Å². The third-order valence-corrected chi connectivity index (χ3v) is 2.92. The summed E-state index contributed by atoms with van der Waals surface area (Å²) in [5.74, 6) is 0.773. The summed E-state index contributed by atoms with van der Waals surface area (Å²) in [6.45, 7) is 7.82. The van der Waals surface area contributed by atoms with E-state index in [0.717, 1.165) is 13.0 Å². The maximum Gasteiger partial charge on any atom is 0.240 e. The molecule has 0 radical (unpaired) electrons. The van der Waals surface area contributed by atoms with Crippen LogP contribution in [0.15, 0.2) is 11.3 Å². The molecule has 0 N–H and O–H groups in total. The number of hydrogen-bond donors (Lipinski definition) is 0. The molecule has 1 aliphatic heterocycles. The van der Waals surface area contributed by atoms with Gasteiger partial charge in [0.1, 0.15) is 0 Å². The third kappa shape index (κ3) is 2.81. The average molecular weight is 210 g/mol. The molecule has 86 valence electrons. The fourth-order valence-corrected chi connectivity index (χ4v) is 2.13. The Bertz CT molecular complexity index is 279. The Labute approximate surface area is 92.7 Å². The van der Waals surface area contributed by atoms with Crippen LogP contribution in [-0.4, -0.2) is 42.9 Å². The molecule has 1 heterocycles. The number of rotatable bonds is 3. The summed E-state index contributed by atoms with van der Waals surface area (Å²) in [5, 5.41) is 0. The van der Waals surface area contributed by atoms with Gasteiger partial charge in [-0.2, -0.15) is 0 Å². The quantitative estimate of drug-likeness (QED) is 0.708. The van der Waals surface area contributed by atoms with E-state index in [0.29, 0.717) is 12.5 Å². The maximum atomic E-state index is 11.9. The molecule has 1 amide bonds. The molecule has 0 aromatic rings. The van der Waals surface area contributed by atoms with Crippen molar-refractivity contribution in [2.75, 3.05) is 27.2 Å². The topological polar surface area (TPSA) is 23.6 Å². The van der Waals surface area contributed by atoms with E-state index in [9.17, 15) is 4.79 Å². The van der Waals surface area contributed by atoms with Gasteiger partial charge in [-0.3, -0.25) is 4.79 Å². The highest BCUT2D eigenvalue weighted by atomic mass is 16.2. The van der Waals surface area contributed by atoms with E-state index in [4.69, 9.17) is 0 Å². The monoisotopic (exact) mass is 210 g/mol. The minimum Gasteiger partial charge on any atom is -0.315 e. The number of nitrogens with zero attached hydrogens (tertiary/aromatic N) is 2. The van der Waals surface area contributed by atoms with E-state index in [1.54, 1.807) is 0 Å². The molecule has 3 nitrogen and oxygen atoms in total. The molecule has 0 atom stereocenters. The lowest BCUT2D eigenvalue weighted by Gasteiger charge is -2.20. The molecule has 1 aliphatic rings. The van der Waals surface area contributed by atoms with Crippen molar-refractivity contribution in [2.45, 2.75) is 27.2 Å². The average Bonchev–Trinajstić information content (AvgIpc) is 2.45. The van der Waals surface area contributed by atoms with E-state index in [-0.39, 0.29) is 5.91 Å². The molecular formula is C12H22N2O. The highest BCUT2D eigenvalue weighted by molar-refractivity contribution is 5.80. The lowest BCUT2D eigenvalue weighted by molar-refractivity contribution is -0.129. The first kappa shape index (κ1) is 12.2. The minimum atomic E-state index is 0.216. The van der Waals surface area contributed by atoms with E-state index in [2.05, 4.69) is 20.8 Å². The summed E-state index contributed by atoms with van der Waals surface area (Å²) in [6.07, 6.45) is 1.04. The summed E-state index contributed by atoms with van der Waals surface area (Å²) in [4.78, 5) is 15.7. The SMILES string of the molecule is CC1=C(C(C)C)CCN1C(=O)CN(C)C. The van der Waals surface area contributed by atoms with E-state index < -0.39 is 0 Å². The molecule has 0 bridgehead atoms. The first-order valence-electron chi connectivity index (χ1n) is 5.58. The van der Waals surface area contributed by atoms with Crippen molar-refractivity contribution in [2.24, 2.45) is 5.92 Å². The van der Waals surface area contributed by atoms with E-state index >= 15 is 0 Å². The molecule has 0 aromatic carbocycles. The van der Waals surface area contributed by atoms with Gasteiger partial charge in [0.05, 0.1) is 6.54 Å². The van der Waals surface area contributed by atoms with Crippen molar-refractivity contribution < 1.29 is 4.79 Å². The highest BCUT2D eigenvalue weighted by Gasteiger charge is 2.25. The van der Waals surface area contributed by atoms with Crippen LogP contribution < -0.4 is 0 Å². The summed E-state index contributed by atoms with van der Waals surface area (Å²) in [5.41, 5.74) is 2.61. The van der Waals surface area contributed by atoms with Crippen molar-refractivity contribution >= 4 is 5.91 Å². The number of carbonyl (C=O) groups is 1. The lowest BCUT2D eigenvalue weighted by Crippen LogP contribution is -2.35. The molecule has 15 heavy (non-hydrogen) atoms. The molecule has 1 rings (SSSR count). The van der Waals surface area contributed by atoms with Crippen molar-refractivity contribution in [1.29, 1.82) is 0 Å². The normalized spacial score (nSPS) is 17.1. The van der Waals surface area contributed by atoms with Crippen molar-refractivity contribution in [3.8, 4) is 0 Å². The van der Waals surface area contributed by atoms with Gasteiger partial charge in [0.15, 0.2) is 0 Å². The Balaban J connectivity index is 2.71. The van der Waals surface area contributed by atoms with Crippen molar-refractivity contribution in [3.05, 3.63) is 11.3 Å². The molecule has 0 spiro atoms. The maximum absolute atomic E-state index is 11.9. The van der Waals surface area contributed by atoms with Gasteiger partial charge < -0.3 is 9.80 Å². The Morgan fingerprint density at radius 3 is 2.47 bits per heavy atom. The molecule has 0 aliphatic carbocycles. The first-order valence-corrected chi connectivity index (χ1v) is 5.58. The van der Waals surface area contributed by atoms with Crippen LogP contribution in [0.1, 0.15) is 27.2 Å². The van der Waals surface area contributed by atoms with Crippen LogP contribution >= 0.6 is 0 Å². The predicted octanol–water partition coefficient (Wildman–Crippen LogP) is 1.71. The second kappa shape index (κ2) is 4.79. The first-order chi connectivity index (χ1) is 6.93. The zero-order chi connectivity index (χ0) is 11.6. The van der Waals surface area contributed by atoms with Gasteiger partial charge in [-0.05, 0) is 38.9 Å². The summed E-state index contributed by atoms with van der Waals surface area (Å²) < 4.78 is 0. The minimum absolute atomic E-state index is 0.216. The molecule has 3 heteroatoms. The van der Waals surface area contributed by atoms with Gasteiger partial charge in [0.25, 0.3) is 0 Å². The van der Waals surface area contributed by atoms with E-state index in [1.165, 1.54) is 11.3 Å². The summed E-state index contributed by atoms with van der Waals surface area (Å²) in [6, 6.07) is 0. The molecular weight excluding hydrogens is 188 g/mol. The van der Waals surface area contributed by atoms with Gasteiger partial charge >= 0.3 is 0 Å². The van der Waals surface area contributed by atoms with Crippen LogP contribution in [0.25, 0.3) is 0 Å². The summed E-state index contributed by atoms with van der Waals surface area (Å²) >= 11 is 0. The number of amides is 1. The fraction of sp³-hybridized carbons (Fsp3) is 0.750. The van der Waals surface area contributed by atoms with Crippen LogP contribution in [-0.2, 0) is 4.79 Å². The molecule has 0 fully saturated rings. The van der Waals surface area contributed by atoms with Gasteiger partial charge in [-0.15, -0.1) is 0 Å². The Morgan fingerprint density at radius 2 is 2.07 bits per heavy atom. The van der Waals surface area contributed by atoms with Crippen LogP contribution in [0.5, 0.6) is 0 Å². The Morgan fingerprint density at radius 1 is 1.47 bits per heavy atom. The molecule has 0 aromatic heterocycles. The van der Waals surface area contributed by atoms with Crippen molar-refractivity contribution in [3.63, 3.8) is 0 Å². The number of carbonyl (C=O) groups excluding carboxylic acids is 1. The summed E-state index contributed by atoms with van der Waals surface area (Å²) in [7, 11) is 3.85. The second-order valence-corrected chi connectivity index (χ2v) is 4.80. The van der Waals surface area contributed by atoms with Gasteiger partial charge in [0, 0.05) is 12.2 Å². The molecule has 0 saturated heterocycles. The van der Waals surface area contributed by atoms with Gasteiger partial charge in [-0.1, -0.05) is 13.8 Å². The van der Waals surface area contributed by atoms with Crippen LogP contribution in [0, 0.1) is 5.92 Å². The lowest BCUT2D eigenvalue weighted by atomic mass is 10.0. The Kier molecular flexibility index (Phi) is 3.91. The zero-order valence-corrected chi connectivity index (χ0v) is 10.5. The smallest absolute Gasteiger partial charge is 0.240 e. The third-order valence-electron chi connectivity index (χ3n) is 2.92. The van der Waals surface area contributed by atoms with E-state index in [1.807, 2.05) is 23.9 Å². The number of allylic oxidation sites excluding steroid dienone is 1. The molecule has 0 saturated carbocycles.